The van der Waals surface area contributed by atoms with Gasteiger partial charge in [-0.15, -0.1) is 9.89 Å². The lowest BCUT2D eigenvalue weighted by Gasteiger charge is -2.22. The average molecular weight is 366 g/mol. The summed E-state index contributed by atoms with van der Waals surface area (Å²) in [5, 5.41) is 6.01. The van der Waals surface area contributed by atoms with E-state index in [9.17, 15) is 9.59 Å². The van der Waals surface area contributed by atoms with Gasteiger partial charge in [0.1, 0.15) is 0 Å². The Hall–Kier alpha value is -2.37. The lowest BCUT2D eigenvalue weighted by molar-refractivity contribution is -0.118. The van der Waals surface area contributed by atoms with Crippen molar-refractivity contribution in [3.05, 3.63) is 34.6 Å². The van der Waals surface area contributed by atoms with Crippen molar-refractivity contribution in [3.8, 4) is 0 Å². The predicted octanol–water partition coefficient (Wildman–Crippen LogP) is 2.89. The van der Waals surface area contributed by atoms with E-state index in [1.54, 1.807) is 0 Å². The SMILES string of the molecule is O=C(CC1CC2CCC1C2)Nn1nc(N2CCCC2)c2ccccc2c1=O. The van der Waals surface area contributed by atoms with Gasteiger partial charge in [-0.05, 0) is 55.9 Å². The number of carbonyl (C=O) groups excluding carboxylic acids is 1. The first-order valence-corrected chi connectivity index (χ1v) is 10.3. The molecule has 27 heavy (non-hydrogen) atoms. The van der Waals surface area contributed by atoms with E-state index in [4.69, 9.17) is 0 Å². The normalized spacial score (nSPS) is 26.8. The molecule has 1 amide bonds. The topological polar surface area (TPSA) is 67.2 Å². The molecule has 2 heterocycles. The van der Waals surface area contributed by atoms with E-state index in [2.05, 4.69) is 15.4 Å². The Morgan fingerprint density at radius 2 is 1.89 bits per heavy atom. The van der Waals surface area contributed by atoms with Crippen LogP contribution >= 0.6 is 0 Å². The van der Waals surface area contributed by atoms with Crippen molar-refractivity contribution < 1.29 is 4.79 Å². The summed E-state index contributed by atoms with van der Waals surface area (Å²) in [6.45, 7) is 1.88. The Morgan fingerprint density at radius 1 is 1.11 bits per heavy atom. The van der Waals surface area contributed by atoms with Crippen LogP contribution in [0.15, 0.2) is 29.1 Å². The number of benzene rings is 1. The molecule has 0 radical (unpaired) electrons. The number of rotatable bonds is 4. The first kappa shape index (κ1) is 16.8. The molecule has 6 nitrogen and oxygen atoms in total. The van der Waals surface area contributed by atoms with E-state index in [0.29, 0.717) is 23.6 Å². The minimum Gasteiger partial charge on any atom is -0.355 e. The van der Waals surface area contributed by atoms with E-state index < -0.39 is 0 Å². The second-order valence-electron chi connectivity index (χ2n) is 8.45. The zero-order valence-corrected chi connectivity index (χ0v) is 15.6. The molecule has 1 saturated heterocycles. The number of anilines is 1. The summed E-state index contributed by atoms with van der Waals surface area (Å²) in [6, 6.07) is 7.55. The van der Waals surface area contributed by atoms with Crippen molar-refractivity contribution in [2.24, 2.45) is 17.8 Å². The Morgan fingerprint density at radius 3 is 2.59 bits per heavy atom. The van der Waals surface area contributed by atoms with Crippen molar-refractivity contribution in [3.63, 3.8) is 0 Å². The van der Waals surface area contributed by atoms with Crippen LogP contribution in [0.2, 0.25) is 0 Å². The Bertz CT molecular complexity index is 931. The van der Waals surface area contributed by atoms with Crippen LogP contribution in [0.25, 0.3) is 10.8 Å². The molecule has 1 aliphatic heterocycles. The number of aromatic nitrogens is 2. The first-order valence-electron chi connectivity index (χ1n) is 10.3. The van der Waals surface area contributed by atoms with Crippen molar-refractivity contribution >= 4 is 22.5 Å². The van der Waals surface area contributed by atoms with Crippen LogP contribution in [-0.4, -0.2) is 28.9 Å². The Kier molecular flexibility index (Phi) is 4.14. The van der Waals surface area contributed by atoms with E-state index in [1.165, 1.54) is 24.1 Å². The number of nitrogens with zero attached hydrogens (tertiary/aromatic N) is 3. The minimum absolute atomic E-state index is 0.0928. The van der Waals surface area contributed by atoms with Gasteiger partial charge in [-0.1, -0.05) is 24.6 Å². The molecule has 2 bridgehead atoms. The molecular formula is C21H26N4O2. The van der Waals surface area contributed by atoms with Gasteiger partial charge in [0.2, 0.25) is 5.91 Å². The van der Waals surface area contributed by atoms with Crippen molar-refractivity contribution in [2.75, 3.05) is 23.4 Å². The van der Waals surface area contributed by atoms with Gasteiger partial charge in [-0.3, -0.25) is 9.59 Å². The van der Waals surface area contributed by atoms with Gasteiger partial charge in [0.15, 0.2) is 5.82 Å². The van der Waals surface area contributed by atoms with Crippen LogP contribution in [-0.2, 0) is 4.79 Å². The fraction of sp³-hybridized carbons (Fsp3) is 0.571. The molecule has 3 aliphatic rings. The predicted molar refractivity (Wildman–Crippen MR) is 105 cm³/mol. The highest BCUT2D eigenvalue weighted by Gasteiger charge is 2.40. The first-order chi connectivity index (χ1) is 13.2. The van der Waals surface area contributed by atoms with E-state index >= 15 is 0 Å². The lowest BCUT2D eigenvalue weighted by Crippen LogP contribution is -2.37. The van der Waals surface area contributed by atoms with Crippen LogP contribution in [0.1, 0.15) is 44.9 Å². The van der Waals surface area contributed by atoms with Crippen LogP contribution in [0, 0.1) is 17.8 Å². The monoisotopic (exact) mass is 366 g/mol. The van der Waals surface area contributed by atoms with Gasteiger partial charge in [-0.2, -0.15) is 0 Å². The number of carbonyl (C=O) groups is 1. The number of nitrogens with one attached hydrogen (secondary N) is 1. The van der Waals surface area contributed by atoms with Crippen molar-refractivity contribution in [2.45, 2.75) is 44.9 Å². The number of amides is 1. The second kappa shape index (κ2) is 6.66. The fourth-order valence-electron chi connectivity index (χ4n) is 5.44. The third-order valence-electron chi connectivity index (χ3n) is 6.75. The largest absolute Gasteiger partial charge is 0.355 e. The summed E-state index contributed by atoms with van der Waals surface area (Å²) in [5.41, 5.74) is 2.53. The molecule has 3 atom stereocenters. The minimum atomic E-state index is -0.255. The van der Waals surface area contributed by atoms with E-state index in [0.717, 1.165) is 49.5 Å². The highest BCUT2D eigenvalue weighted by molar-refractivity contribution is 5.92. The Labute approximate surface area is 158 Å². The average Bonchev–Trinajstić information content (AvgIpc) is 3.42. The lowest BCUT2D eigenvalue weighted by atomic mass is 9.86. The zero-order chi connectivity index (χ0) is 18.4. The van der Waals surface area contributed by atoms with Crippen molar-refractivity contribution in [1.82, 2.24) is 9.89 Å². The molecule has 1 aromatic carbocycles. The highest BCUT2D eigenvalue weighted by atomic mass is 16.2. The summed E-state index contributed by atoms with van der Waals surface area (Å²) in [6.07, 6.45) is 7.80. The molecule has 6 heteroatoms. The van der Waals surface area contributed by atoms with Crippen molar-refractivity contribution in [1.29, 1.82) is 0 Å². The standard InChI is InChI=1S/C21H26N4O2/c26-19(13-16-12-14-7-8-15(16)11-14)22-25-21(27)18-6-2-1-5-17(18)20(23-25)24-9-3-4-10-24/h1-2,5-6,14-16H,3-4,7-13H2,(H,22,26). The maximum Gasteiger partial charge on any atom is 0.294 e. The van der Waals surface area contributed by atoms with Crippen LogP contribution < -0.4 is 15.9 Å². The van der Waals surface area contributed by atoms with Gasteiger partial charge in [0.05, 0.1) is 5.39 Å². The molecule has 5 rings (SSSR count). The summed E-state index contributed by atoms with van der Waals surface area (Å²) in [5.74, 6) is 2.68. The van der Waals surface area contributed by atoms with E-state index in [1.807, 2.05) is 24.3 Å². The van der Waals surface area contributed by atoms with Crippen LogP contribution in [0.5, 0.6) is 0 Å². The molecule has 142 valence electrons. The maximum atomic E-state index is 12.9. The molecule has 1 aromatic heterocycles. The molecule has 1 N–H and O–H groups in total. The van der Waals surface area contributed by atoms with Gasteiger partial charge < -0.3 is 4.90 Å². The molecule has 2 aliphatic carbocycles. The van der Waals surface area contributed by atoms with E-state index in [-0.39, 0.29) is 11.5 Å². The van der Waals surface area contributed by atoms with Gasteiger partial charge in [-0.25, -0.2) is 5.43 Å². The summed E-state index contributed by atoms with van der Waals surface area (Å²) >= 11 is 0. The van der Waals surface area contributed by atoms with Crippen LogP contribution in [0.3, 0.4) is 0 Å². The van der Waals surface area contributed by atoms with Crippen LogP contribution in [0.4, 0.5) is 5.82 Å². The Balaban J connectivity index is 1.43. The quantitative estimate of drug-likeness (QED) is 0.903. The summed E-state index contributed by atoms with van der Waals surface area (Å²) in [7, 11) is 0. The fourth-order valence-corrected chi connectivity index (χ4v) is 5.44. The molecule has 0 spiro atoms. The highest BCUT2D eigenvalue weighted by Crippen LogP contribution is 2.49. The van der Waals surface area contributed by atoms with Gasteiger partial charge in [0.25, 0.3) is 5.56 Å². The second-order valence-corrected chi connectivity index (χ2v) is 8.45. The maximum absolute atomic E-state index is 12.9. The number of hydrogen-bond acceptors (Lipinski definition) is 4. The molecular weight excluding hydrogens is 340 g/mol. The zero-order valence-electron chi connectivity index (χ0n) is 15.6. The number of fused-ring (bicyclic) bond motifs is 3. The molecule has 3 fully saturated rings. The van der Waals surface area contributed by atoms with Gasteiger partial charge >= 0.3 is 0 Å². The smallest absolute Gasteiger partial charge is 0.294 e. The van der Waals surface area contributed by atoms with Gasteiger partial charge in [0, 0.05) is 24.9 Å². The summed E-state index contributed by atoms with van der Waals surface area (Å²) < 4.78 is 0. The molecule has 2 saturated carbocycles. The molecule has 3 unspecified atom stereocenters. The third-order valence-corrected chi connectivity index (χ3v) is 6.75. The summed E-state index contributed by atoms with van der Waals surface area (Å²) in [4.78, 5) is 28.9. The number of hydrogen-bond donors (Lipinski definition) is 1. The molecule has 2 aromatic rings. The third kappa shape index (κ3) is 3.01.